The molecule has 0 radical (unpaired) electrons. The molecule has 1 saturated carbocycles. The van der Waals surface area contributed by atoms with Crippen molar-refractivity contribution in [3.05, 3.63) is 41.4 Å². The van der Waals surface area contributed by atoms with E-state index in [0.717, 1.165) is 4.90 Å². The Morgan fingerprint density at radius 2 is 2.02 bits per heavy atom. The van der Waals surface area contributed by atoms with Gasteiger partial charge in [-0.1, -0.05) is 12.1 Å². The Kier molecular flexibility index (Phi) is 9.74. The highest BCUT2D eigenvalue weighted by Crippen LogP contribution is 2.32. The van der Waals surface area contributed by atoms with Crippen LogP contribution in [0.25, 0.3) is 0 Å². The minimum Gasteiger partial charge on any atom is -0.382 e. The van der Waals surface area contributed by atoms with Crippen LogP contribution >= 0.6 is 11.6 Å². The number of pyridine rings is 1. The minimum absolute atomic E-state index is 0.0105. The zero-order valence-electron chi connectivity index (χ0n) is 22.5. The Morgan fingerprint density at radius 3 is 2.66 bits per heavy atom. The number of carbonyl (C=O) groups excluding carboxylic acids is 3. The summed E-state index contributed by atoms with van der Waals surface area (Å²) in [5, 5.41) is 11.2. The fraction of sp³-hybridized carbons (Fsp3) is 0.577. The number of ether oxygens (including phenoxy) is 1. The summed E-state index contributed by atoms with van der Waals surface area (Å²) in [6, 6.07) is -1.71. The van der Waals surface area contributed by atoms with Crippen LogP contribution in [0.3, 0.4) is 0 Å². The molecule has 0 aromatic carbocycles. The number of anilines is 1. The number of aryl methyl sites for hydroxylation is 1. The molecule has 2 aromatic rings. The number of urea groups is 1. The third kappa shape index (κ3) is 7.28. The molecule has 2 fully saturated rings. The first kappa shape index (κ1) is 30.6. The summed E-state index contributed by atoms with van der Waals surface area (Å²) in [7, 11) is 1.37. The topological polar surface area (TPSA) is 139 Å². The molecule has 15 heteroatoms. The lowest BCUT2D eigenvalue weighted by molar-refractivity contribution is -0.150. The molecule has 1 saturated heterocycles. The quantitative estimate of drug-likeness (QED) is 0.353. The largest absolute Gasteiger partial charge is 0.410 e. The highest BCUT2D eigenvalue weighted by molar-refractivity contribution is 6.20. The van der Waals surface area contributed by atoms with Crippen LogP contribution in [0.4, 0.5) is 23.8 Å². The first-order valence-corrected chi connectivity index (χ1v) is 13.7. The van der Waals surface area contributed by atoms with E-state index in [-0.39, 0.29) is 29.4 Å². The van der Waals surface area contributed by atoms with E-state index >= 15 is 0 Å². The zero-order chi connectivity index (χ0) is 29.7. The minimum atomic E-state index is -4.61. The predicted octanol–water partition coefficient (Wildman–Crippen LogP) is 3.81. The molecule has 0 unspecified atom stereocenters. The number of aromatic nitrogens is 2. The molecule has 0 bridgehead atoms. The van der Waals surface area contributed by atoms with Crippen LogP contribution in [-0.4, -0.2) is 76.8 Å². The average molecular weight is 601 g/mol. The summed E-state index contributed by atoms with van der Waals surface area (Å²) in [4.78, 5) is 44.3. The van der Waals surface area contributed by atoms with Crippen LogP contribution in [0.5, 0.6) is 0 Å². The predicted molar refractivity (Wildman–Crippen MR) is 141 cm³/mol. The lowest BCUT2D eigenvalue weighted by Crippen LogP contribution is -2.49. The van der Waals surface area contributed by atoms with E-state index in [1.807, 2.05) is 12.2 Å². The van der Waals surface area contributed by atoms with Gasteiger partial charge in [0.2, 0.25) is 5.91 Å². The zero-order valence-corrected chi connectivity index (χ0v) is 23.3. The summed E-state index contributed by atoms with van der Waals surface area (Å²) in [6.07, 6.45) is 1.24. The maximum absolute atomic E-state index is 13.6. The van der Waals surface area contributed by atoms with Crippen molar-refractivity contribution in [2.45, 2.75) is 68.7 Å². The fourth-order valence-electron chi connectivity index (χ4n) is 5.18. The molecule has 3 atom stereocenters. The average Bonchev–Trinajstić information content (AvgIpc) is 3.57. The van der Waals surface area contributed by atoms with Gasteiger partial charge in [-0.25, -0.2) is 9.78 Å². The Labute approximate surface area is 239 Å². The van der Waals surface area contributed by atoms with Gasteiger partial charge in [0.15, 0.2) is 5.69 Å². The van der Waals surface area contributed by atoms with E-state index in [4.69, 9.17) is 20.9 Å². The molecular formula is C26H32ClF3N6O5. The van der Waals surface area contributed by atoms with Gasteiger partial charge in [0.25, 0.3) is 5.91 Å². The molecule has 2 aliphatic rings. The van der Waals surface area contributed by atoms with E-state index < -0.39 is 48.7 Å². The maximum atomic E-state index is 13.6. The van der Waals surface area contributed by atoms with Gasteiger partial charge in [-0.2, -0.15) is 13.2 Å². The van der Waals surface area contributed by atoms with Gasteiger partial charge in [0, 0.05) is 24.2 Å². The number of hydrogen-bond donors (Lipinski definition) is 3. The number of methoxy groups -OCH3 is 1. The Morgan fingerprint density at radius 1 is 1.29 bits per heavy atom. The Bertz CT molecular complexity index is 1240. The Hall–Kier alpha value is -3.39. The molecule has 3 N–H and O–H groups in total. The third-order valence-electron chi connectivity index (χ3n) is 7.43. The number of rotatable bonds is 10. The monoisotopic (exact) mass is 600 g/mol. The van der Waals surface area contributed by atoms with Crippen molar-refractivity contribution in [1.82, 2.24) is 25.7 Å². The number of carbonyl (C=O) groups is 3. The normalized spacial score (nSPS) is 22.6. The SMILES string of the molecule is CCc1conc1C(=O)N[C@H](C(=O)Nc1cc([C@@H](COC)N2C[C@@H](C(F)(F)F)NC2=O)ccn1)C1CCC(Cl)CC1. The summed E-state index contributed by atoms with van der Waals surface area (Å²) >= 11 is 6.27. The van der Waals surface area contributed by atoms with Crippen LogP contribution in [0.2, 0.25) is 0 Å². The molecular weight excluding hydrogens is 569 g/mol. The highest BCUT2D eigenvalue weighted by Gasteiger charge is 2.48. The molecule has 1 aliphatic carbocycles. The van der Waals surface area contributed by atoms with Crippen molar-refractivity contribution in [3.8, 4) is 0 Å². The summed E-state index contributed by atoms with van der Waals surface area (Å²) in [5.74, 6) is -1.18. The van der Waals surface area contributed by atoms with Gasteiger partial charge in [-0.15, -0.1) is 11.6 Å². The van der Waals surface area contributed by atoms with Crippen molar-refractivity contribution >= 4 is 35.3 Å². The van der Waals surface area contributed by atoms with Crippen molar-refractivity contribution in [2.24, 2.45) is 5.92 Å². The molecule has 41 heavy (non-hydrogen) atoms. The second-order valence-electron chi connectivity index (χ2n) is 10.1. The van der Waals surface area contributed by atoms with Gasteiger partial charge in [0.1, 0.15) is 24.2 Å². The van der Waals surface area contributed by atoms with Gasteiger partial charge in [-0.05, 0) is 55.7 Å². The van der Waals surface area contributed by atoms with E-state index in [0.29, 0.717) is 43.2 Å². The number of nitrogens with zero attached hydrogens (tertiary/aromatic N) is 3. The second kappa shape index (κ2) is 13.1. The first-order chi connectivity index (χ1) is 19.5. The molecule has 4 amide bonds. The lowest BCUT2D eigenvalue weighted by atomic mass is 9.83. The highest BCUT2D eigenvalue weighted by atomic mass is 35.5. The van der Waals surface area contributed by atoms with Crippen molar-refractivity contribution < 1.29 is 36.8 Å². The van der Waals surface area contributed by atoms with Crippen LogP contribution in [0.15, 0.2) is 29.1 Å². The molecule has 2 aromatic heterocycles. The van der Waals surface area contributed by atoms with E-state index in [9.17, 15) is 27.6 Å². The lowest BCUT2D eigenvalue weighted by Gasteiger charge is -2.31. The summed E-state index contributed by atoms with van der Waals surface area (Å²) < 4.78 is 49.9. The van der Waals surface area contributed by atoms with Crippen molar-refractivity contribution in [2.75, 3.05) is 25.6 Å². The van der Waals surface area contributed by atoms with Gasteiger partial charge in [-0.3, -0.25) is 9.59 Å². The maximum Gasteiger partial charge on any atom is 0.410 e. The van der Waals surface area contributed by atoms with E-state index in [1.165, 1.54) is 31.7 Å². The van der Waals surface area contributed by atoms with Crippen molar-refractivity contribution in [3.63, 3.8) is 0 Å². The van der Waals surface area contributed by atoms with Gasteiger partial charge in [0.05, 0.1) is 19.2 Å². The summed E-state index contributed by atoms with van der Waals surface area (Å²) in [5.41, 5.74) is 1.11. The number of halogens is 4. The van der Waals surface area contributed by atoms with Crippen molar-refractivity contribution in [1.29, 1.82) is 0 Å². The third-order valence-corrected chi connectivity index (χ3v) is 7.87. The van der Waals surface area contributed by atoms with Crippen LogP contribution in [-0.2, 0) is 16.0 Å². The van der Waals surface area contributed by atoms with Crippen LogP contribution < -0.4 is 16.0 Å². The van der Waals surface area contributed by atoms with E-state index in [1.54, 1.807) is 0 Å². The molecule has 11 nitrogen and oxygen atoms in total. The number of amides is 4. The standard InChI is InChI=1S/C26H32ClF3N6O5/c1-3-14-12-41-35-22(14)24(38)34-21(15-4-6-17(27)7-5-15)23(37)33-20-10-16(8-9-31-20)18(13-40-2)36-11-19(26(28,29)30)32-25(36)39/h8-10,12,15,17-19,21H,3-7,11,13H2,1-2H3,(H,32,39)(H,34,38)(H,31,33,37)/t15?,17?,18-,19+,21+/m1/s1. The molecule has 224 valence electrons. The molecule has 0 spiro atoms. The first-order valence-electron chi connectivity index (χ1n) is 13.3. The molecule has 1 aliphatic heterocycles. The second-order valence-corrected chi connectivity index (χ2v) is 10.8. The Balaban J connectivity index is 1.54. The number of hydrogen-bond acceptors (Lipinski definition) is 7. The van der Waals surface area contributed by atoms with Gasteiger partial charge >= 0.3 is 12.2 Å². The molecule has 4 rings (SSSR count). The van der Waals surface area contributed by atoms with Crippen LogP contribution in [0.1, 0.15) is 60.3 Å². The fourth-order valence-corrected chi connectivity index (χ4v) is 5.43. The van der Waals surface area contributed by atoms with Gasteiger partial charge < -0.3 is 30.1 Å². The van der Waals surface area contributed by atoms with E-state index in [2.05, 4.69) is 20.8 Å². The smallest absolute Gasteiger partial charge is 0.382 e. The number of nitrogens with one attached hydrogen (secondary N) is 3. The molecule has 3 heterocycles. The number of alkyl halides is 4. The summed E-state index contributed by atoms with van der Waals surface area (Å²) in [6.45, 7) is 1.16. The van der Waals surface area contributed by atoms with Crippen LogP contribution in [0, 0.1) is 5.92 Å².